The van der Waals surface area contributed by atoms with Crippen LogP contribution in [0.2, 0.25) is 0 Å². The lowest BCUT2D eigenvalue weighted by molar-refractivity contribution is 0.396. The predicted octanol–water partition coefficient (Wildman–Crippen LogP) is 1.05. The second-order valence-corrected chi connectivity index (χ2v) is 0.760. The maximum absolute atomic E-state index is 6.52. The van der Waals surface area contributed by atoms with E-state index in [1.165, 1.54) is 7.11 Å². The molecule has 0 atom stereocenters. The lowest BCUT2D eigenvalue weighted by atomic mass is 10.8. The van der Waals surface area contributed by atoms with Gasteiger partial charge < -0.3 is 4.74 Å². The van der Waals surface area contributed by atoms with Crippen LogP contribution in [-0.2, 0) is 4.74 Å². The summed E-state index contributed by atoms with van der Waals surface area (Å²) in [6.45, 7) is 1.58. The van der Waals surface area contributed by atoms with E-state index < -0.39 is 0 Å². The molecule has 0 heterocycles. The summed E-state index contributed by atoms with van der Waals surface area (Å²) in [5.74, 6) is 0.255. The summed E-state index contributed by atoms with van der Waals surface area (Å²) < 4.78 is 4.33. The van der Waals surface area contributed by atoms with Crippen LogP contribution in [0, 0.1) is 5.41 Å². The molecule has 0 saturated heterocycles. The van der Waals surface area contributed by atoms with Crippen LogP contribution in [0.4, 0.5) is 0 Å². The lowest BCUT2D eigenvalue weighted by Crippen LogP contribution is -1.87. The van der Waals surface area contributed by atoms with Crippen LogP contribution in [0.5, 0.6) is 0 Å². The summed E-state index contributed by atoms with van der Waals surface area (Å²) in [4.78, 5) is 0. The van der Waals surface area contributed by atoms with Gasteiger partial charge in [0.2, 0.25) is 0 Å². The van der Waals surface area contributed by atoms with E-state index >= 15 is 0 Å². The summed E-state index contributed by atoms with van der Waals surface area (Å²) in [6.07, 6.45) is 0. The fourth-order valence-electron chi connectivity index (χ4n) is 0. The smallest absolute Gasteiger partial charge is 0.176 e. The quantitative estimate of drug-likeness (QED) is 0.366. The van der Waals surface area contributed by atoms with Crippen molar-refractivity contribution in [2.45, 2.75) is 6.92 Å². The SMILES string of the molecule is COC(C)=N.Cl. The third-order valence-corrected chi connectivity index (χ3v) is 0.306. The molecule has 0 aliphatic rings. The molecule has 0 aromatic rings. The molecule has 38 valence electrons. The van der Waals surface area contributed by atoms with Crippen molar-refractivity contribution in [1.82, 2.24) is 0 Å². The first-order chi connectivity index (χ1) is 2.27. The number of ether oxygens (including phenoxy) is 1. The Morgan fingerprint density at radius 2 is 1.83 bits per heavy atom. The van der Waals surface area contributed by atoms with Gasteiger partial charge in [0.05, 0.1) is 7.11 Å². The van der Waals surface area contributed by atoms with E-state index in [1.54, 1.807) is 6.92 Å². The second-order valence-electron chi connectivity index (χ2n) is 0.760. The summed E-state index contributed by atoms with van der Waals surface area (Å²) in [6, 6.07) is 0. The van der Waals surface area contributed by atoms with Gasteiger partial charge in [-0.3, -0.25) is 5.41 Å². The van der Waals surface area contributed by atoms with Gasteiger partial charge in [0, 0.05) is 6.92 Å². The number of hydrogen-bond donors (Lipinski definition) is 1. The van der Waals surface area contributed by atoms with Gasteiger partial charge in [-0.1, -0.05) is 0 Å². The van der Waals surface area contributed by atoms with Crippen molar-refractivity contribution in [3.05, 3.63) is 0 Å². The topological polar surface area (TPSA) is 33.1 Å². The lowest BCUT2D eigenvalue weighted by Gasteiger charge is -1.85. The molecule has 0 aromatic carbocycles. The van der Waals surface area contributed by atoms with Crippen LogP contribution in [0.1, 0.15) is 6.92 Å². The minimum atomic E-state index is 0. The van der Waals surface area contributed by atoms with Gasteiger partial charge in [-0.2, -0.15) is 0 Å². The highest BCUT2D eigenvalue weighted by Gasteiger charge is 1.68. The number of hydrogen-bond acceptors (Lipinski definition) is 2. The van der Waals surface area contributed by atoms with Crippen molar-refractivity contribution >= 4 is 18.3 Å². The fourth-order valence-corrected chi connectivity index (χ4v) is 0. The molecule has 0 rings (SSSR count). The molecule has 6 heavy (non-hydrogen) atoms. The Labute approximate surface area is 43.4 Å². The predicted molar refractivity (Wildman–Crippen MR) is 27.7 cm³/mol. The molecular weight excluding hydrogens is 101 g/mol. The highest BCUT2D eigenvalue weighted by atomic mass is 35.5. The van der Waals surface area contributed by atoms with Crippen LogP contribution in [0.3, 0.4) is 0 Å². The number of methoxy groups -OCH3 is 1. The molecule has 0 amide bonds. The summed E-state index contributed by atoms with van der Waals surface area (Å²) in [5, 5.41) is 6.52. The van der Waals surface area contributed by atoms with Crippen LogP contribution in [0.25, 0.3) is 0 Å². The molecule has 0 aliphatic carbocycles. The first-order valence-corrected chi connectivity index (χ1v) is 1.36. The molecular formula is C3H8ClNO. The van der Waals surface area contributed by atoms with Crippen LogP contribution < -0.4 is 0 Å². The van der Waals surface area contributed by atoms with Crippen molar-refractivity contribution in [1.29, 1.82) is 5.41 Å². The van der Waals surface area contributed by atoms with E-state index in [0.29, 0.717) is 0 Å². The Balaban J connectivity index is 0. The van der Waals surface area contributed by atoms with Gasteiger partial charge in [-0.15, -0.1) is 12.4 Å². The number of nitrogens with one attached hydrogen (secondary N) is 1. The maximum Gasteiger partial charge on any atom is 0.176 e. The van der Waals surface area contributed by atoms with Gasteiger partial charge in [0.1, 0.15) is 0 Å². The highest BCUT2D eigenvalue weighted by Crippen LogP contribution is 1.62. The van der Waals surface area contributed by atoms with Crippen molar-refractivity contribution in [2.24, 2.45) is 0 Å². The summed E-state index contributed by atoms with van der Waals surface area (Å²) >= 11 is 0. The Hall–Kier alpha value is -0.240. The fraction of sp³-hybridized carbons (Fsp3) is 0.667. The standard InChI is InChI=1S/C3H7NO.ClH/c1-3(4)5-2;/h4H,1-2H3;1H. The van der Waals surface area contributed by atoms with Crippen LogP contribution in [0.15, 0.2) is 0 Å². The minimum absolute atomic E-state index is 0. The maximum atomic E-state index is 6.52. The number of rotatable bonds is 0. The van der Waals surface area contributed by atoms with Crippen molar-refractivity contribution in [2.75, 3.05) is 7.11 Å². The summed E-state index contributed by atoms with van der Waals surface area (Å²) in [5.41, 5.74) is 0. The molecule has 3 heteroatoms. The first kappa shape index (κ1) is 9.23. The Bertz CT molecular complexity index is 46.1. The van der Waals surface area contributed by atoms with Crippen molar-refractivity contribution < 1.29 is 4.74 Å². The third kappa shape index (κ3) is 9.25. The zero-order valence-corrected chi connectivity index (χ0v) is 4.63. The molecule has 0 saturated carbocycles. The van der Waals surface area contributed by atoms with E-state index in [1.807, 2.05) is 0 Å². The third-order valence-electron chi connectivity index (χ3n) is 0.306. The molecule has 0 bridgehead atoms. The zero-order valence-electron chi connectivity index (χ0n) is 3.82. The molecule has 2 nitrogen and oxygen atoms in total. The molecule has 1 N–H and O–H groups in total. The van der Waals surface area contributed by atoms with E-state index in [-0.39, 0.29) is 18.3 Å². The van der Waals surface area contributed by atoms with Crippen LogP contribution in [-0.4, -0.2) is 13.0 Å². The van der Waals surface area contributed by atoms with Crippen molar-refractivity contribution in [3.63, 3.8) is 0 Å². The van der Waals surface area contributed by atoms with Gasteiger partial charge in [0.25, 0.3) is 0 Å². The highest BCUT2D eigenvalue weighted by molar-refractivity contribution is 5.85. The molecule has 0 unspecified atom stereocenters. The second kappa shape index (κ2) is 4.76. The van der Waals surface area contributed by atoms with E-state index in [4.69, 9.17) is 5.41 Å². The van der Waals surface area contributed by atoms with E-state index in [9.17, 15) is 0 Å². The normalized spacial score (nSPS) is 5.67. The Kier molecular flexibility index (Phi) is 7.32. The van der Waals surface area contributed by atoms with Gasteiger partial charge in [-0.25, -0.2) is 0 Å². The van der Waals surface area contributed by atoms with Crippen molar-refractivity contribution in [3.8, 4) is 0 Å². The largest absolute Gasteiger partial charge is 0.485 e. The first-order valence-electron chi connectivity index (χ1n) is 1.36. The molecule has 0 aromatic heterocycles. The summed E-state index contributed by atoms with van der Waals surface area (Å²) in [7, 11) is 1.47. The molecule has 0 fully saturated rings. The van der Waals surface area contributed by atoms with Gasteiger partial charge in [-0.05, 0) is 0 Å². The Morgan fingerprint density at radius 3 is 1.83 bits per heavy atom. The van der Waals surface area contributed by atoms with Gasteiger partial charge in [0.15, 0.2) is 5.90 Å². The zero-order chi connectivity index (χ0) is 4.28. The Morgan fingerprint density at radius 1 is 1.67 bits per heavy atom. The van der Waals surface area contributed by atoms with E-state index in [0.717, 1.165) is 0 Å². The van der Waals surface area contributed by atoms with Gasteiger partial charge >= 0.3 is 0 Å². The molecule has 0 radical (unpaired) electrons. The monoisotopic (exact) mass is 109 g/mol. The molecule has 0 spiro atoms. The average molecular weight is 110 g/mol. The number of halogens is 1. The molecule has 0 aliphatic heterocycles. The van der Waals surface area contributed by atoms with Crippen LogP contribution >= 0.6 is 12.4 Å². The minimum Gasteiger partial charge on any atom is -0.485 e. The van der Waals surface area contributed by atoms with E-state index in [2.05, 4.69) is 4.74 Å². The average Bonchev–Trinajstić information content (AvgIpc) is 1.38.